The number of amides is 1. The summed E-state index contributed by atoms with van der Waals surface area (Å²) in [6.45, 7) is 0.417. The molecule has 0 radical (unpaired) electrons. The number of hydrogen-bond acceptors (Lipinski definition) is 5. The zero-order valence-corrected chi connectivity index (χ0v) is 14.2. The molecule has 0 bridgehead atoms. The third-order valence-electron chi connectivity index (χ3n) is 4.09. The molecule has 1 unspecified atom stereocenters. The molecule has 25 heavy (non-hydrogen) atoms. The summed E-state index contributed by atoms with van der Waals surface area (Å²) in [5.41, 5.74) is 0.289. The van der Waals surface area contributed by atoms with Gasteiger partial charge in [0.25, 0.3) is 5.56 Å². The van der Waals surface area contributed by atoms with Crippen LogP contribution in [0.3, 0.4) is 0 Å². The third-order valence-corrected chi connectivity index (χ3v) is 4.09. The predicted octanol–water partition coefficient (Wildman–Crippen LogP) is 1.48. The fourth-order valence-electron chi connectivity index (χ4n) is 2.75. The number of carbonyl (C=O) groups excluding carboxylic acids is 1. The van der Waals surface area contributed by atoms with Gasteiger partial charge in [-0.15, -0.1) is 0 Å². The number of furan rings is 1. The van der Waals surface area contributed by atoms with Crippen LogP contribution in [0.1, 0.15) is 17.5 Å². The number of benzene rings is 1. The van der Waals surface area contributed by atoms with E-state index >= 15 is 0 Å². The van der Waals surface area contributed by atoms with Crippen LogP contribution in [0.2, 0.25) is 0 Å². The molecule has 0 spiro atoms. The molecule has 1 aromatic carbocycles. The minimum Gasteiger partial charge on any atom is -0.468 e. The quantitative estimate of drug-likeness (QED) is 0.709. The molecule has 3 aromatic rings. The maximum absolute atomic E-state index is 12.3. The fraction of sp³-hybridized carbons (Fsp3) is 0.278. The Hall–Kier alpha value is -2.93. The molecule has 2 N–H and O–H groups in total. The summed E-state index contributed by atoms with van der Waals surface area (Å²) >= 11 is 0. The Labute approximate surface area is 144 Å². The van der Waals surface area contributed by atoms with Crippen molar-refractivity contribution in [2.24, 2.45) is 0 Å². The highest BCUT2D eigenvalue weighted by molar-refractivity contribution is 5.88. The van der Waals surface area contributed by atoms with Gasteiger partial charge in [0.05, 0.1) is 29.8 Å². The number of aromatic amines is 1. The second-order valence-corrected chi connectivity index (χ2v) is 6.02. The molecule has 7 nitrogen and oxygen atoms in total. The van der Waals surface area contributed by atoms with E-state index in [-0.39, 0.29) is 23.9 Å². The van der Waals surface area contributed by atoms with Crippen molar-refractivity contribution in [3.8, 4) is 0 Å². The predicted molar refractivity (Wildman–Crippen MR) is 94.2 cm³/mol. The van der Waals surface area contributed by atoms with Gasteiger partial charge in [0.2, 0.25) is 5.91 Å². The number of fused-ring (bicyclic) bond motifs is 1. The van der Waals surface area contributed by atoms with Gasteiger partial charge in [0.15, 0.2) is 0 Å². The molecule has 1 atom stereocenters. The van der Waals surface area contributed by atoms with E-state index in [4.69, 9.17) is 4.42 Å². The molecule has 2 aromatic heterocycles. The molecule has 0 aliphatic rings. The zero-order valence-electron chi connectivity index (χ0n) is 14.2. The molecule has 0 aliphatic carbocycles. The maximum Gasteiger partial charge on any atom is 0.272 e. The number of H-pyrrole nitrogens is 1. The average molecular weight is 340 g/mol. The first-order valence-electron chi connectivity index (χ1n) is 7.99. The van der Waals surface area contributed by atoms with E-state index in [1.165, 1.54) is 0 Å². The number of likely N-dealkylation sites (N-methyl/N-ethyl adjacent to an activating group) is 1. The Balaban J connectivity index is 1.71. The number of aromatic nitrogens is 2. The molecule has 1 amide bonds. The lowest BCUT2D eigenvalue weighted by Crippen LogP contribution is -2.35. The SMILES string of the molecule is CN(C)C(CNC(=O)Cc1n[nH]c(=O)c2ccccc12)c1ccco1. The molecule has 130 valence electrons. The first-order chi connectivity index (χ1) is 12.1. The Bertz CT molecular complexity index is 915. The van der Waals surface area contributed by atoms with E-state index in [9.17, 15) is 9.59 Å². The monoisotopic (exact) mass is 340 g/mol. The summed E-state index contributed by atoms with van der Waals surface area (Å²) < 4.78 is 5.43. The van der Waals surface area contributed by atoms with Crippen molar-refractivity contribution in [2.75, 3.05) is 20.6 Å². The van der Waals surface area contributed by atoms with Crippen LogP contribution >= 0.6 is 0 Å². The molecule has 0 aliphatic heterocycles. The van der Waals surface area contributed by atoms with E-state index in [2.05, 4.69) is 15.5 Å². The molecule has 0 saturated carbocycles. The van der Waals surface area contributed by atoms with Crippen molar-refractivity contribution in [1.82, 2.24) is 20.4 Å². The van der Waals surface area contributed by atoms with Crippen LogP contribution < -0.4 is 10.9 Å². The van der Waals surface area contributed by atoms with Crippen LogP contribution in [0.25, 0.3) is 10.8 Å². The first-order valence-corrected chi connectivity index (χ1v) is 7.99. The molecule has 0 fully saturated rings. The molecule has 3 rings (SSSR count). The largest absolute Gasteiger partial charge is 0.468 e. The second kappa shape index (κ2) is 7.31. The van der Waals surface area contributed by atoms with E-state index in [1.54, 1.807) is 24.5 Å². The maximum atomic E-state index is 12.3. The summed E-state index contributed by atoms with van der Waals surface area (Å²) in [6, 6.07) is 10.8. The number of carbonyl (C=O) groups is 1. The van der Waals surface area contributed by atoms with Crippen LogP contribution in [0.15, 0.2) is 51.9 Å². The van der Waals surface area contributed by atoms with E-state index in [1.807, 2.05) is 37.2 Å². The summed E-state index contributed by atoms with van der Waals surface area (Å²) in [4.78, 5) is 26.1. The van der Waals surface area contributed by atoms with Gasteiger partial charge in [-0.2, -0.15) is 5.10 Å². The highest BCUT2D eigenvalue weighted by Crippen LogP contribution is 2.18. The Kier molecular flexibility index (Phi) is 4.95. The Morgan fingerprint density at radius 3 is 2.68 bits per heavy atom. The number of nitrogens with zero attached hydrogens (tertiary/aromatic N) is 2. The van der Waals surface area contributed by atoms with Gasteiger partial charge in [0, 0.05) is 11.9 Å². The van der Waals surface area contributed by atoms with Crippen molar-refractivity contribution >= 4 is 16.7 Å². The highest BCUT2D eigenvalue weighted by Gasteiger charge is 2.18. The lowest BCUT2D eigenvalue weighted by atomic mass is 10.1. The van der Waals surface area contributed by atoms with Gasteiger partial charge in [-0.25, -0.2) is 5.10 Å². The molecule has 7 heteroatoms. The Morgan fingerprint density at radius 2 is 2.00 bits per heavy atom. The highest BCUT2D eigenvalue weighted by atomic mass is 16.3. The molecular formula is C18H20N4O3. The van der Waals surface area contributed by atoms with Gasteiger partial charge < -0.3 is 9.73 Å². The Morgan fingerprint density at radius 1 is 1.24 bits per heavy atom. The topological polar surface area (TPSA) is 91.2 Å². The number of hydrogen-bond donors (Lipinski definition) is 2. The normalized spacial score (nSPS) is 12.4. The smallest absolute Gasteiger partial charge is 0.272 e. The third kappa shape index (κ3) is 3.77. The van der Waals surface area contributed by atoms with E-state index < -0.39 is 0 Å². The lowest BCUT2D eigenvalue weighted by Gasteiger charge is -2.22. The number of rotatable bonds is 6. The van der Waals surface area contributed by atoms with Crippen molar-refractivity contribution in [1.29, 1.82) is 0 Å². The summed E-state index contributed by atoms with van der Waals surface area (Å²) in [6.07, 6.45) is 1.71. The standard InChI is InChI=1S/C18H20N4O3/c1-22(2)15(16-8-5-9-25-16)11-19-17(23)10-14-12-6-3-4-7-13(12)18(24)21-20-14/h3-9,15H,10-11H2,1-2H3,(H,19,23)(H,21,24). The average Bonchev–Trinajstić information content (AvgIpc) is 3.12. The summed E-state index contributed by atoms with van der Waals surface area (Å²) in [5, 5.41) is 10.6. The van der Waals surface area contributed by atoms with Gasteiger partial charge in [0.1, 0.15) is 5.76 Å². The van der Waals surface area contributed by atoms with Crippen LogP contribution in [0, 0.1) is 0 Å². The van der Waals surface area contributed by atoms with Gasteiger partial charge in [-0.3, -0.25) is 14.5 Å². The second-order valence-electron chi connectivity index (χ2n) is 6.02. The fourth-order valence-corrected chi connectivity index (χ4v) is 2.75. The number of nitrogens with one attached hydrogen (secondary N) is 2. The minimum atomic E-state index is -0.259. The lowest BCUT2D eigenvalue weighted by molar-refractivity contribution is -0.120. The van der Waals surface area contributed by atoms with Crippen LogP contribution in [0.4, 0.5) is 0 Å². The van der Waals surface area contributed by atoms with Gasteiger partial charge in [-0.05, 0) is 32.3 Å². The summed E-state index contributed by atoms with van der Waals surface area (Å²) in [5.74, 6) is 0.626. The molecule has 2 heterocycles. The van der Waals surface area contributed by atoms with Gasteiger partial charge >= 0.3 is 0 Å². The van der Waals surface area contributed by atoms with Gasteiger partial charge in [-0.1, -0.05) is 18.2 Å². The van der Waals surface area contributed by atoms with Crippen LogP contribution in [-0.4, -0.2) is 41.6 Å². The first kappa shape index (κ1) is 16.9. The van der Waals surface area contributed by atoms with Crippen molar-refractivity contribution in [3.05, 3.63) is 64.5 Å². The molecule has 0 saturated heterocycles. The van der Waals surface area contributed by atoms with Crippen molar-refractivity contribution < 1.29 is 9.21 Å². The van der Waals surface area contributed by atoms with Crippen LogP contribution in [-0.2, 0) is 11.2 Å². The van der Waals surface area contributed by atoms with Crippen molar-refractivity contribution in [3.63, 3.8) is 0 Å². The van der Waals surface area contributed by atoms with E-state index in [0.29, 0.717) is 23.0 Å². The minimum absolute atomic E-state index is 0.0563. The van der Waals surface area contributed by atoms with Crippen molar-refractivity contribution in [2.45, 2.75) is 12.5 Å². The van der Waals surface area contributed by atoms with Crippen LogP contribution in [0.5, 0.6) is 0 Å². The van der Waals surface area contributed by atoms with E-state index in [0.717, 1.165) is 5.76 Å². The molecular weight excluding hydrogens is 320 g/mol. The zero-order chi connectivity index (χ0) is 17.8. The summed E-state index contributed by atoms with van der Waals surface area (Å²) in [7, 11) is 3.85.